The average molecular weight is 349 g/mol. The molecule has 0 radical (unpaired) electrons. The zero-order valence-electron chi connectivity index (χ0n) is 13.7. The van der Waals surface area contributed by atoms with Crippen LogP contribution in [0.25, 0.3) is 5.65 Å². The smallest absolute Gasteiger partial charge is 0.387 e. The van der Waals surface area contributed by atoms with Gasteiger partial charge in [0.25, 0.3) is 0 Å². The summed E-state index contributed by atoms with van der Waals surface area (Å²) in [4.78, 5) is 4.19. The molecule has 3 aromatic rings. The minimum absolute atomic E-state index is 0.0181. The van der Waals surface area contributed by atoms with Crippen LogP contribution in [0.15, 0.2) is 30.3 Å². The SMILES string of the molecule is CCOc1cccc(CNc2ccc3nc(C)nn3n2)c1OC(F)F. The molecule has 0 fully saturated rings. The summed E-state index contributed by atoms with van der Waals surface area (Å²) in [6.45, 7) is 1.19. The molecule has 1 N–H and O–H groups in total. The first kappa shape index (κ1) is 16.9. The van der Waals surface area contributed by atoms with E-state index in [4.69, 9.17) is 4.74 Å². The Kier molecular flexibility index (Phi) is 4.92. The van der Waals surface area contributed by atoms with E-state index in [0.717, 1.165) is 0 Å². The van der Waals surface area contributed by atoms with Crippen LogP contribution >= 0.6 is 0 Å². The molecule has 0 saturated heterocycles. The van der Waals surface area contributed by atoms with E-state index in [1.54, 1.807) is 44.2 Å². The fraction of sp³-hybridized carbons (Fsp3) is 0.312. The van der Waals surface area contributed by atoms with Gasteiger partial charge in [-0.05, 0) is 32.0 Å². The maximum Gasteiger partial charge on any atom is 0.387 e. The summed E-state index contributed by atoms with van der Waals surface area (Å²) in [6, 6.07) is 8.50. The van der Waals surface area contributed by atoms with Gasteiger partial charge in [-0.25, -0.2) is 4.98 Å². The number of nitrogens with zero attached hydrogens (tertiary/aromatic N) is 4. The van der Waals surface area contributed by atoms with Gasteiger partial charge in [-0.2, -0.15) is 8.78 Å². The molecule has 0 aliphatic rings. The van der Waals surface area contributed by atoms with Crippen molar-refractivity contribution in [1.29, 1.82) is 0 Å². The summed E-state index contributed by atoms with van der Waals surface area (Å²) < 4.78 is 36.9. The van der Waals surface area contributed by atoms with Gasteiger partial charge < -0.3 is 14.8 Å². The number of hydrogen-bond donors (Lipinski definition) is 1. The third-order valence-corrected chi connectivity index (χ3v) is 3.34. The van der Waals surface area contributed by atoms with Gasteiger partial charge in [0.2, 0.25) is 0 Å². The number of para-hydroxylation sites is 1. The van der Waals surface area contributed by atoms with Gasteiger partial charge in [0, 0.05) is 12.1 Å². The Morgan fingerprint density at radius 3 is 2.80 bits per heavy atom. The summed E-state index contributed by atoms with van der Waals surface area (Å²) in [5.74, 6) is 1.44. The number of hydrogen-bond acceptors (Lipinski definition) is 6. The molecule has 0 spiro atoms. The van der Waals surface area contributed by atoms with Crippen LogP contribution in [0.1, 0.15) is 18.3 Å². The van der Waals surface area contributed by atoms with Crippen LogP contribution < -0.4 is 14.8 Å². The topological polar surface area (TPSA) is 73.6 Å². The lowest BCUT2D eigenvalue weighted by molar-refractivity contribution is -0.0520. The van der Waals surface area contributed by atoms with Crippen molar-refractivity contribution in [2.24, 2.45) is 0 Å². The minimum Gasteiger partial charge on any atom is -0.490 e. The minimum atomic E-state index is -2.94. The highest BCUT2D eigenvalue weighted by Crippen LogP contribution is 2.33. The molecule has 25 heavy (non-hydrogen) atoms. The van der Waals surface area contributed by atoms with Gasteiger partial charge in [-0.15, -0.1) is 14.8 Å². The number of aromatic nitrogens is 4. The van der Waals surface area contributed by atoms with E-state index >= 15 is 0 Å². The Morgan fingerprint density at radius 1 is 1.20 bits per heavy atom. The average Bonchev–Trinajstić information content (AvgIpc) is 2.94. The van der Waals surface area contributed by atoms with Gasteiger partial charge in [0.15, 0.2) is 17.1 Å². The highest BCUT2D eigenvalue weighted by atomic mass is 19.3. The first-order valence-electron chi connectivity index (χ1n) is 7.71. The first-order valence-corrected chi connectivity index (χ1v) is 7.71. The van der Waals surface area contributed by atoms with Crippen LogP contribution in [0.4, 0.5) is 14.6 Å². The molecule has 2 heterocycles. The Labute approximate surface area is 142 Å². The fourth-order valence-corrected chi connectivity index (χ4v) is 2.36. The lowest BCUT2D eigenvalue weighted by Gasteiger charge is -2.15. The van der Waals surface area contributed by atoms with Crippen LogP contribution in [-0.2, 0) is 6.54 Å². The number of nitrogens with one attached hydrogen (secondary N) is 1. The molecule has 0 atom stereocenters. The highest BCUT2D eigenvalue weighted by molar-refractivity contribution is 5.49. The van der Waals surface area contributed by atoms with Crippen LogP contribution in [-0.4, -0.2) is 33.0 Å². The summed E-state index contributed by atoms with van der Waals surface area (Å²) in [5.41, 5.74) is 1.16. The van der Waals surface area contributed by atoms with Crippen molar-refractivity contribution in [2.75, 3.05) is 11.9 Å². The van der Waals surface area contributed by atoms with E-state index in [0.29, 0.717) is 29.5 Å². The Bertz CT molecular complexity index is 869. The van der Waals surface area contributed by atoms with E-state index in [1.165, 1.54) is 4.63 Å². The number of halogens is 2. The fourth-order valence-electron chi connectivity index (χ4n) is 2.36. The summed E-state index contributed by atoms with van der Waals surface area (Å²) in [5, 5.41) is 11.5. The first-order chi connectivity index (χ1) is 12.1. The zero-order chi connectivity index (χ0) is 17.8. The molecule has 0 amide bonds. The second kappa shape index (κ2) is 7.29. The molecule has 9 heteroatoms. The molecule has 0 unspecified atom stereocenters. The highest BCUT2D eigenvalue weighted by Gasteiger charge is 2.15. The van der Waals surface area contributed by atoms with E-state index in [-0.39, 0.29) is 18.0 Å². The van der Waals surface area contributed by atoms with Crippen LogP contribution in [0.3, 0.4) is 0 Å². The molecule has 132 valence electrons. The van der Waals surface area contributed by atoms with Crippen molar-refractivity contribution in [3.05, 3.63) is 41.7 Å². The lowest BCUT2D eigenvalue weighted by Crippen LogP contribution is -2.10. The normalized spacial score (nSPS) is 11.1. The van der Waals surface area contributed by atoms with Crippen LogP contribution in [0, 0.1) is 6.92 Å². The van der Waals surface area contributed by atoms with Crippen molar-refractivity contribution in [3.63, 3.8) is 0 Å². The molecular formula is C16H17F2N5O2. The number of benzene rings is 1. The van der Waals surface area contributed by atoms with E-state index < -0.39 is 6.61 Å². The molecule has 0 aliphatic carbocycles. The number of ether oxygens (including phenoxy) is 2. The molecule has 2 aromatic heterocycles. The van der Waals surface area contributed by atoms with Gasteiger partial charge in [0.05, 0.1) is 6.61 Å². The Hall–Kier alpha value is -2.97. The summed E-state index contributed by atoms with van der Waals surface area (Å²) >= 11 is 0. The van der Waals surface area contributed by atoms with E-state index in [1.807, 2.05) is 0 Å². The van der Waals surface area contributed by atoms with Crippen molar-refractivity contribution in [3.8, 4) is 11.5 Å². The number of rotatable bonds is 7. The van der Waals surface area contributed by atoms with Crippen molar-refractivity contribution in [1.82, 2.24) is 19.8 Å². The maximum absolute atomic E-state index is 12.7. The molecule has 1 aromatic carbocycles. The van der Waals surface area contributed by atoms with Gasteiger partial charge in [-0.3, -0.25) is 0 Å². The van der Waals surface area contributed by atoms with Gasteiger partial charge in [-0.1, -0.05) is 12.1 Å². The summed E-state index contributed by atoms with van der Waals surface area (Å²) in [6.07, 6.45) is 0. The number of aryl methyl sites for hydroxylation is 1. The Morgan fingerprint density at radius 2 is 2.04 bits per heavy atom. The Balaban J connectivity index is 1.82. The standard InChI is InChI=1S/C16H17F2N5O2/c1-3-24-12-6-4-5-11(15(12)25-16(17)18)9-19-13-7-8-14-20-10(2)21-23(14)22-13/h4-8,16H,3,9H2,1-2H3,(H,19,22). The third kappa shape index (κ3) is 3.93. The van der Waals surface area contributed by atoms with E-state index in [2.05, 4.69) is 25.2 Å². The lowest BCUT2D eigenvalue weighted by atomic mass is 10.2. The third-order valence-electron chi connectivity index (χ3n) is 3.34. The monoisotopic (exact) mass is 349 g/mol. The maximum atomic E-state index is 12.7. The van der Waals surface area contributed by atoms with Gasteiger partial charge in [0.1, 0.15) is 11.6 Å². The molecule has 0 bridgehead atoms. The number of alkyl halides is 2. The number of anilines is 1. The van der Waals surface area contributed by atoms with Crippen LogP contribution in [0.2, 0.25) is 0 Å². The van der Waals surface area contributed by atoms with Crippen molar-refractivity contribution in [2.45, 2.75) is 27.0 Å². The molecule has 3 rings (SSSR count). The largest absolute Gasteiger partial charge is 0.490 e. The molecule has 0 saturated carbocycles. The van der Waals surface area contributed by atoms with Gasteiger partial charge >= 0.3 is 6.61 Å². The predicted octanol–water partition coefficient (Wildman–Crippen LogP) is 3.04. The molecule has 0 aliphatic heterocycles. The number of fused-ring (bicyclic) bond motifs is 1. The zero-order valence-corrected chi connectivity index (χ0v) is 13.7. The second-order valence-corrected chi connectivity index (χ2v) is 5.13. The van der Waals surface area contributed by atoms with Crippen LogP contribution in [0.5, 0.6) is 11.5 Å². The van der Waals surface area contributed by atoms with E-state index in [9.17, 15) is 8.78 Å². The van der Waals surface area contributed by atoms with Crippen molar-refractivity contribution >= 4 is 11.5 Å². The molecule has 7 nitrogen and oxygen atoms in total. The quantitative estimate of drug-likeness (QED) is 0.707. The molecular weight excluding hydrogens is 332 g/mol. The second-order valence-electron chi connectivity index (χ2n) is 5.13. The van der Waals surface area contributed by atoms with Crippen molar-refractivity contribution < 1.29 is 18.3 Å². The predicted molar refractivity (Wildman–Crippen MR) is 87.1 cm³/mol. The summed E-state index contributed by atoms with van der Waals surface area (Å²) in [7, 11) is 0.